The van der Waals surface area contributed by atoms with Crippen LogP contribution in [0.2, 0.25) is 0 Å². The van der Waals surface area contributed by atoms with Crippen molar-refractivity contribution in [2.45, 2.75) is 13.1 Å². The predicted octanol–water partition coefficient (Wildman–Crippen LogP) is 4.13. The van der Waals surface area contributed by atoms with E-state index in [9.17, 15) is 18.0 Å². The molecule has 0 aliphatic carbocycles. The van der Waals surface area contributed by atoms with Gasteiger partial charge in [-0.25, -0.2) is 19.7 Å². The second-order valence-corrected chi connectivity index (χ2v) is 7.37. The van der Waals surface area contributed by atoms with E-state index in [1.54, 1.807) is 38.3 Å². The van der Waals surface area contributed by atoms with Gasteiger partial charge in [0.15, 0.2) is 0 Å². The summed E-state index contributed by atoms with van der Waals surface area (Å²) in [5.74, 6) is -2.40. The first-order chi connectivity index (χ1) is 17.2. The van der Waals surface area contributed by atoms with Crippen molar-refractivity contribution in [2.75, 3.05) is 32.8 Å². The molecule has 0 unspecified atom stereocenters. The summed E-state index contributed by atoms with van der Waals surface area (Å²) in [6.45, 7) is 2.58. The summed E-state index contributed by atoms with van der Waals surface area (Å²) in [7, 11) is 2.89. The van der Waals surface area contributed by atoms with Crippen LogP contribution in [0.15, 0.2) is 36.4 Å². The number of aryl methyl sites for hydroxylation is 1. The van der Waals surface area contributed by atoms with E-state index in [4.69, 9.17) is 14.2 Å². The number of ether oxygens (including phenoxy) is 4. The number of hydrogen-bond acceptors (Lipinski definition) is 10. The number of halogens is 3. The average molecular weight is 503 g/mol. The normalized spacial score (nSPS) is 11.5. The number of nitrogens with one attached hydrogen (secondary N) is 1. The number of methoxy groups -OCH3 is 2. The van der Waals surface area contributed by atoms with Crippen LogP contribution in [0.5, 0.6) is 17.4 Å². The minimum absolute atomic E-state index is 0.000220. The van der Waals surface area contributed by atoms with Crippen LogP contribution < -0.4 is 19.5 Å². The number of rotatable bonds is 8. The fourth-order valence-electron chi connectivity index (χ4n) is 3.31. The fourth-order valence-corrected chi connectivity index (χ4v) is 3.31. The third kappa shape index (κ3) is 5.35. The van der Waals surface area contributed by atoms with Crippen LogP contribution in [0.25, 0.3) is 21.8 Å². The lowest BCUT2D eigenvalue weighted by Gasteiger charge is -2.13. The quantitative estimate of drug-likeness (QED) is 0.278. The SMILES string of the molecule is COCCOc1ccc2nc(Nc3nc(OC(=O)C(F)(F)F)c4c(OC)cccc4n3)nc(C)c2c1. The van der Waals surface area contributed by atoms with Crippen molar-refractivity contribution >= 4 is 39.7 Å². The number of hydrogen-bond donors (Lipinski definition) is 1. The highest BCUT2D eigenvalue weighted by Crippen LogP contribution is 2.34. The zero-order valence-corrected chi connectivity index (χ0v) is 19.3. The number of benzene rings is 2. The Labute approximate surface area is 202 Å². The minimum atomic E-state index is -5.22. The van der Waals surface area contributed by atoms with E-state index in [1.165, 1.54) is 19.2 Å². The number of aromatic nitrogens is 4. The summed E-state index contributed by atoms with van der Waals surface area (Å²) in [5, 5.41) is 3.51. The molecule has 0 saturated carbocycles. The van der Waals surface area contributed by atoms with E-state index in [1.807, 2.05) is 0 Å². The summed E-state index contributed by atoms with van der Waals surface area (Å²) in [4.78, 5) is 28.6. The molecule has 2 aromatic carbocycles. The second-order valence-electron chi connectivity index (χ2n) is 7.37. The van der Waals surface area contributed by atoms with Gasteiger partial charge in [-0.3, -0.25) is 5.32 Å². The van der Waals surface area contributed by atoms with Crippen LogP contribution >= 0.6 is 0 Å². The molecule has 0 atom stereocenters. The molecule has 36 heavy (non-hydrogen) atoms. The maximum atomic E-state index is 12.9. The lowest BCUT2D eigenvalue weighted by Crippen LogP contribution is -2.28. The first-order valence-corrected chi connectivity index (χ1v) is 10.5. The van der Waals surface area contributed by atoms with Crippen LogP contribution in [-0.4, -0.2) is 59.5 Å². The third-order valence-corrected chi connectivity index (χ3v) is 4.93. The molecule has 0 bridgehead atoms. The number of fused-ring (bicyclic) bond motifs is 2. The largest absolute Gasteiger partial charge is 0.496 e. The number of anilines is 2. The van der Waals surface area contributed by atoms with E-state index in [0.29, 0.717) is 30.2 Å². The Hall–Kier alpha value is -4.26. The molecule has 2 heterocycles. The summed E-state index contributed by atoms with van der Waals surface area (Å²) >= 11 is 0. The number of alkyl halides is 3. The molecular weight excluding hydrogens is 483 g/mol. The Morgan fingerprint density at radius 2 is 1.72 bits per heavy atom. The average Bonchev–Trinajstić information content (AvgIpc) is 2.83. The molecule has 1 N–H and O–H groups in total. The Bertz CT molecular complexity index is 1430. The smallest absolute Gasteiger partial charge is 0.491 e. The fraction of sp³-hybridized carbons (Fsp3) is 0.261. The molecule has 0 saturated heterocycles. The highest BCUT2D eigenvalue weighted by atomic mass is 19.4. The zero-order valence-electron chi connectivity index (χ0n) is 19.3. The van der Waals surface area contributed by atoms with Crippen LogP contribution in [0, 0.1) is 6.92 Å². The van der Waals surface area contributed by atoms with E-state index >= 15 is 0 Å². The summed E-state index contributed by atoms with van der Waals surface area (Å²) in [5.41, 5.74) is 1.35. The van der Waals surface area contributed by atoms with Crippen molar-refractivity contribution < 1.29 is 36.9 Å². The first-order valence-electron chi connectivity index (χ1n) is 10.5. The zero-order chi connectivity index (χ0) is 25.9. The Morgan fingerprint density at radius 3 is 2.44 bits per heavy atom. The molecule has 4 rings (SSSR count). The maximum Gasteiger partial charge on any atom is 0.491 e. The van der Waals surface area contributed by atoms with Gasteiger partial charge in [0.25, 0.3) is 0 Å². The highest BCUT2D eigenvalue weighted by Gasteiger charge is 2.42. The van der Waals surface area contributed by atoms with Crippen molar-refractivity contribution in [2.24, 2.45) is 0 Å². The number of carbonyl (C=O) groups excluding carboxylic acids is 1. The summed E-state index contributed by atoms with van der Waals surface area (Å²) < 4.78 is 59.0. The first kappa shape index (κ1) is 24.9. The lowest BCUT2D eigenvalue weighted by molar-refractivity contribution is -0.189. The molecule has 4 aromatic rings. The second kappa shape index (κ2) is 10.2. The van der Waals surface area contributed by atoms with Gasteiger partial charge in [-0.1, -0.05) is 6.07 Å². The molecule has 0 aliphatic heterocycles. The molecule has 10 nitrogen and oxygen atoms in total. The number of esters is 1. The monoisotopic (exact) mass is 503 g/mol. The van der Waals surface area contributed by atoms with Crippen LogP contribution in [-0.2, 0) is 9.53 Å². The molecule has 0 spiro atoms. The topological polar surface area (TPSA) is 118 Å². The van der Waals surface area contributed by atoms with E-state index in [2.05, 4.69) is 30.0 Å². The van der Waals surface area contributed by atoms with Gasteiger partial charge >= 0.3 is 12.1 Å². The molecule has 13 heteroatoms. The minimum Gasteiger partial charge on any atom is -0.496 e. The molecule has 0 amide bonds. The van der Waals surface area contributed by atoms with Gasteiger partial charge in [0.1, 0.15) is 23.5 Å². The molecule has 2 aromatic heterocycles. The molecule has 0 radical (unpaired) electrons. The van der Waals surface area contributed by atoms with Crippen molar-refractivity contribution in [3.05, 3.63) is 42.1 Å². The Kier molecular flexibility index (Phi) is 7.01. The van der Waals surface area contributed by atoms with Gasteiger partial charge < -0.3 is 18.9 Å². The van der Waals surface area contributed by atoms with Gasteiger partial charge in [0.05, 0.1) is 30.4 Å². The van der Waals surface area contributed by atoms with Gasteiger partial charge in [-0.05, 0) is 37.3 Å². The predicted molar refractivity (Wildman–Crippen MR) is 123 cm³/mol. The lowest BCUT2D eigenvalue weighted by atomic mass is 10.2. The van der Waals surface area contributed by atoms with E-state index in [0.717, 1.165) is 5.39 Å². The van der Waals surface area contributed by atoms with Crippen LogP contribution in [0.4, 0.5) is 25.1 Å². The third-order valence-electron chi connectivity index (χ3n) is 4.93. The van der Waals surface area contributed by atoms with E-state index < -0.39 is 18.0 Å². The number of nitrogens with zero attached hydrogens (tertiary/aromatic N) is 4. The standard InChI is InChI=1S/C23H20F3N5O5/c1-12-14-11-13(35-10-9-33-2)7-8-15(14)28-21(27-12)31-22-29-16-5-4-6-17(34-3)18(16)19(30-22)36-20(32)23(24,25)26/h4-8,11H,9-10H2,1-3H3,(H,27,28,29,30,31). The Balaban J connectivity index is 1.70. The number of carbonyl (C=O) groups is 1. The van der Waals surface area contributed by atoms with Gasteiger partial charge in [-0.15, -0.1) is 0 Å². The van der Waals surface area contributed by atoms with Crippen molar-refractivity contribution in [3.8, 4) is 17.4 Å². The Morgan fingerprint density at radius 1 is 0.972 bits per heavy atom. The van der Waals surface area contributed by atoms with Gasteiger partial charge in [-0.2, -0.15) is 18.2 Å². The van der Waals surface area contributed by atoms with Gasteiger partial charge in [0.2, 0.25) is 17.8 Å². The van der Waals surface area contributed by atoms with E-state index in [-0.39, 0.29) is 28.5 Å². The summed E-state index contributed by atoms with van der Waals surface area (Å²) in [6.07, 6.45) is -5.22. The highest BCUT2D eigenvalue weighted by molar-refractivity contribution is 5.93. The maximum absolute atomic E-state index is 12.9. The van der Waals surface area contributed by atoms with Crippen LogP contribution in [0.1, 0.15) is 5.69 Å². The van der Waals surface area contributed by atoms with Crippen molar-refractivity contribution in [3.63, 3.8) is 0 Å². The van der Waals surface area contributed by atoms with Crippen molar-refractivity contribution in [1.82, 2.24) is 19.9 Å². The molecule has 0 fully saturated rings. The molecule has 188 valence electrons. The molecular formula is C23H20F3N5O5. The summed E-state index contributed by atoms with van der Waals surface area (Å²) in [6, 6.07) is 9.83. The molecule has 0 aliphatic rings. The van der Waals surface area contributed by atoms with Gasteiger partial charge in [0, 0.05) is 12.5 Å². The van der Waals surface area contributed by atoms with Crippen molar-refractivity contribution in [1.29, 1.82) is 0 Å². The van der Waals surface area contributed by atoms with Crippen LogP contribution in [0.3, 0.4) is 0 Å².